The molecule has 1 atom stereocenters. The molecule has 6 nitrogen and oxygen atoms in total. The van der Waals surface area contributed by atoms with Crippen molar-refractivity contribution in [2.75, 3.05) is 18.2 Å². The lowest BCUT2D eigenvalue weighted by atomic mass is 10.0. The maximum atomic E-state index is 12.9. The first kappa shape index (κ1) is 14.3. The zero-order chi connectivity index (χ0) is 17.0. The molecule has 0 N–H and O–H groups in total. The van der Waals surface area contributed by atoms with Gasteiger partial charge in [0.15, 0.2) is 13.0 Å². The standard InChI is InChI=1S/C19H16N2O4/c22-18-14-9-15-13(10-16(14)25-17-7-4-8-20(17)18)19(23)21(11-24-15)12-5-2-1-3-6-12/h1-3,5-6,9-10,17H,4,7-8,11H2. The smallest absolute Gasteiger partial charge is 0.264 e. The molecule has 3 aliphatic heterocycles. The number of carbonyl (C=O) groups excluding carboxylic acids is 2. The zero-order valence-corrected chi connectivity index (χ0v) is 13.5. The molecule has 1 unspecified atom stereocenters. The van der Waals surface area contributed by atoms with Gasteiger partial charge in [0, 0.05) is 18.7 Å². The van der Waals surface area contributed by atoms with Crippen LogP contribution in [0, 0.1) is 0 Å². The van der Waals surface area contributed by atoms with Crippen molar-refractivity contribution in [3.05, 3.63) is 53.6 Å². The van der Waals surface area contributed by atoms with E-state index in [4.69, 9.17) is 9.47 Å². The van der Waals surface area contributed by atoms with E-state index in [2.05, 4.69) is 0 Å². The van der Waals surface area contributed by atoms with Crippen LogP contribution >= 0.6 is 0 Å². The molecule has 25 heavy (non-hydrogen) atoms. The first-order chi connectivity index (χ1) is 12.2. The Balaban J connectivity index is 1.55. The molecule has 6 heteroatoms. The second kappa shape index (κ2) is 5.24. The van der Waals surface area contributed by atoms with E-state index in [1.165, 1.54) is 0 Å². The summed E-state index contributed by atoms with van der Waals surface area (Å²) < 4.78 is 11.7. The van der Waals surface area contributed by atoms with Crippen molar-refractivity contribution < 1.29 is 19.1 Å². The lowest BCUT2D eigenvalue weighted by molar-refractivity contribution is 0.0291. The van der Waals surface area contributed by atoms with Gasteiger partial charge in [-0.1, -0.05) is 18.2 Å². The molecule has 0 spiro atoms. The number of hydrogen-bond donors (Lipinski definition) is 0. The minimum Gasteiger partial charge on any atom is -0.472 e. The summed E-state index contributed by atoms with van der Waals surface area (Å²) in [6.07, 6.45) is 1.53. The highest BCUT2D eigenvalue weighted by molar-refractivity contribution is 6.10. The molecule has 0 aromatic heterocycles. The summed E-state index contributed by atoms with van der Waals surface area (Å²) in [4.78, 5) is 28.9. The Bertz CT molecular complexity index is 880. The number of hydrogen-bond acceptors (Lipinski definition) is 4. The van der Waals surface area contributed by atoms with Gasteiger partial charge in [-0.15, -0.1) is 0 Å². The van der Waals surface area contributed by atoms with Crippen LogP contribution in [0.3, 0.4) is 0 Å². The third-order valence-corrected chi connectivity index (χ3v) is 4.93. The molecule has 0 bridgehead atoms. The van der Waals surface area contributed by atoms with Crippen LogP contribution in [-0.4, -0.2) is 36.2 Å². The molecular weight excluding hydrogens is 320 g/mol. The third kappa shape index (κ3) is 2.10. The Morgan fingerprint density at radius 3 is 2.56 bits per heavy atom. The fourth-order valence-corrected chi connectivity index (χ4v) is 3.64. The van der Waals surface area contributed by atoms with Crippen molar-refractivity contribution in [3.63, 3.8) is 0 Å². The predicted molar refractivity (Wildman–Crippen MR) is 89.9 cm³/mol. The molecule has 1 fully saturated rings. The van der Waals surface area contributed by atoms with Gasteiger partial charge in [0.1, 0.15) is 11.5 Å². The highest BCUT2D eigenvalue weighted by Gasteiger charge is 2.39. The van der Waals surface area contributed by atoms with E-state index < -0.39 is 0 Å². The fourth-order valence-electron chi connectivity index (χ4n) is 3.64. The fraction of sp³-hybridized carbons (Fsp3) is 0.263. The molecule has 2 aromatic rings. The second-order valence-electron chi connectivity index (χ2n) is 6.40. The number of rotatable bonds is 1. The molecule has 126 valence electrons. The molecule has 2 amide bonds. The molecule has 0 aliphatic carbocycles. The van der Waals surface area contributed by atoms with Crippen molar-refractivity contribution in [1.29, 1.82) is 0 Å². The minimum atomic E-state index is -0.220. The molecule has 1 saturated heterocycles. The molecule has 3 aliphatic rings. The molecule has 3 heterocycles. The van der Waals surface area contributed by atoms with Crippen LogP contribution in [0.25, 0.3) is 0 Å². The average Bonchev–Trinajstić information content (AvgIpc) is 3.11. The van der Waals surface area contributed by atoms with Gasteiger partial charge in [-0.3, -0.25) is 14.5 Å². The molecule has 2 aromatic carbocycles. The van der Waals surface area contributed by atoms with Crippen molar-refractivity contribution in [2.45, 2.75) is 19.1 Å². The number of para-hydroxylation sites is 1. The number of benzene rings is 2. The number of nitrogens with zero attached hydrogens (tertiary/aromatic N) is 2. The van der Waals surface area contributed by atoms with Gasteiger partial charge < -0.3 is 14.4 Å². The quantitative estimate of drug-likeness (QED) is 0.803. The van der Waals surface area contributed by atoms with E-state index >= 15 is 0 Å². The van der Waals surface area contributed by atoms with Crippen molar-refractivity contribution >= 4 is 17.5 Å². The topological polar surface area (TPSA) is 59.1 Å². The largest absolute Gasteiger partial charge is 0.472 e. The maximum Gasteiger partial charge on any atom is 0.264 e. The van der Waals surface area contributed by atoms with Gasteiger partial charge in [0.25, 0.3) is 11.8 Å². The van der Waals surface area contributed by atoms with E-state index in [1.54, 1.807) is 21.9 Å². The number of fused-ring (bicyclic) bond motifs is 3. The van der Waals surface area contributed by atoms with Gasteiger partial charge in [0.2, 0.25) is 0 Å². The third-order valence-electron chi connectivity index (χ3n) is 4.93. The highest BCUT2D eigenvalue weighted by Crippen LogP contribution is 2.39. The van der Waals surface area contributed by atoms with Crippen LogP contribution in [0.5, 0.6) is 11.5 Å². The van der Waals surface area contributed by atoms with Crippen LogP contribution in [0.4, 0.5) is 5.69 Å². The lowest BCUT2D eigenvalue weighted by Gasteiger charge is -2.34. The monoisotopic (exact) mass is 336 g/mol. The van der Waals surface area contributed by atoms with Crippen molar-refractivity contribution in [3.8, 4) is 11.5 Å². The van der Waals surface area contributed by atoms with Crippen LogP contribution in [0.1, 0.15) is 33.6 Å². The predicted octanol–water partition coefficient (Wildman–Crippen LogP) is 2.64. The number of anilines is 1. The summed E-state index contributed by atoms with van der Waals surface area (Å²) in [5, 5.41) is 0. The Kier molecular flexibility index (Phi) is 3.00. The molecule has 0 radical (unpaired) electrons. The highest BCUT2D eigenvalue weighted by atomic mass is 16.5. The van der Waals surface area contributed by atoms with Crippen LogP contribution in [0.15, 0.2) is 42.5 Å². The molecule has 0 saturated carbocycles. The number of carbonyl (C=O) groups is 2. The van der Waals surface area contributed by atoms with Crippen LogP contribution in [-0.2, 0) is 0 Å². The average molecular weight is 336 g/mol. The summed E-state index contributed by atoms with van der Waals surface area (Å²) in [6, 6.07) is 12.7. The number of amides is 2. The molecule has 5 rings (SSSR count). The van der Waals surface area contributed by atoms with Crippen molar-refractivity contribution in [1.82, 2.24) is 4.90 Å². The normalized spacial score (nSPS) is 21.2. The van der Waals surface area contributed by atoms with Crippen molar-refractivity contribution in [2.24, 2.45) is 0 Å². The van der Waals surface area contributed by atoms with E-state index in [-0.39, 0.29) is 24.8 Å². The second-order valence-corrected chi connectivity index (χ2v) is 6.40. The van der Waals surface area contributed by atoms with Crippen LogP contribution < -0.4 is 14.4 Å². The van der Waals surface area contributed by atoms with E-state index in [0.29, 0.717) is 29.2 Å². The summed E-state index contributed by atoms with van der Waals surface area (Å²) in [7, 11) is 0. The summed E-state index contributed by atoms with van der Waals surface area (Å²) in [5.41, 5.74) is 1.67. The van der Waals surface area contributed by atoms with Gasteiger partial charge >= 0.3 is 0 Å². The van der Waals surface area contributed by atoms with E-state index in [1.807, 2.05) is 30.3 Å². The van der Waals surface area contributed by atoms with E-state index in [0.717, 1.165) is 18.5 Å². The molecular formula is C19H16N2O4. The Morgan fingerprint density at radius 1 is 0.960 bits per heavy atom. The van der Waals surface area contributed by atoms with E-state index in [9.17, 15) is 9.59 Å². The Morgan fingerprint density at radius 2 is 1.72 bits per heavy atom. The zero-order valence-electron chi connectivity index (χ0n) is 13.5. The number of ether oxygens (including phenoxy) is 2. The first-order valence-corrected chi connectivity index (χ1v) is 8.38. The SMILES string of the molecule is O=C1c2cc3c(cc2OCN1c1ccccc1)C(=O)N1CCCC1O3. The van der Waals surface area contributed by atoms with Crippen LogP contribution in [0.2, 0.25) is 0 Å². The van der Waals surface area contributed by atoms with Gasteiger partial charge in [0.05, 0.1) is 11.1 Å². The Hall–Kier alpha value is -3.02. The first-order valence-electron chi connectivity index (χ1n) is 8.38. The summed E-state index contributed by atoms with van der Waals surface area (Å²) >= 11 is 0. The lowest BCUT2D eigenvalue weighted by Crippen LogP contribution is -2.44. The van der Waals surface area contributed by atoms with Gasteiger partial charge in [-0.2, -0.15) is 0 Å². The van der Waals surface area contributed by atoms with Gasteiger partial charge in [-0.25, -0.2) is 0 Å². The maximum absolute atomic E-state index is 12.9. The Labute approximate surface area is 144 Å². The summed E-state index contributed by atoms with van der Waals surface area (Å²) in [6.45, 7) is 0.831. The summed E-state index contributed by atoms with van der Waals surface area (Å²) in [5.74, 6) is 0.706. The van der Waals surface area contributed by atoms with Gasteiger partial charge in [-0.05, 0) is 30.7 Å². The minimum absolute atomic E-state index is 0.0481.